The molecule has 1 aromatic rings. The van der Waals surface area contributed by atoms with Crippen molar-refractivity contribution in [1.29, 1.82) is 0 Å². The van der Waals surface area contributed by atoms with E-state index in [1.54, 1.807) is 6.07 Å². The highest BCUT2D eigenvalue weighted by molar-refractivity contribution is 5.35. The van der Waals surface area contributed by atoms with Crippen LogP contribution in [-0.2, 0) is 0 Å². The molecule has 0 aliphatic carbocycles. The average Bonchev–Trinajstić information content (AvgIpc) is 2.13. The summed E-state index contributed by atoms with van der Waals surface area (Å²) in [6, 6.07) is 5.61. The largest absolute Gasteiger partial charge is 0.493 e. The molecule has 0 saturated heterocycles. The highest BCUT2D eigenvalue weighted by atomic mass is 19.4. The lowest BCUT2D eigenvalue weighted by molar-refractivity contribution is -0.136. The van der Waals surface area contributed by atoms with Crippen LogP contribution in [-0.4, -0.2) is 12.8 Å². The maximum absolute atomic E-state index is 11.9. The second kappa shape index (κ2) is 5.23. The van der Waals surface area contributed by atoms with Crippen LogP contribution in [0, 0.1) is 13.8 Å². The second-order valence-corrected chi connectivity index (χ2v) is 3.84. The molecule has 0 saturated carbocycles. The molecule has 0 radical (unpaired) electrons. The molecule has 16 heavy (non-hydrogen) atoms. The van der Waals surface area contributed by atoms with Crippen LogP contribution in [0.3, 0.4) is 0 Å². The van der Waals surface area contributed by atoms with Crippen molar-refractivity contribution in [2.75, 3.05) is 6.61 Å². The first-order valence-corrected chi connectivity index (χ1v) is 5.15. The number of halogens is 3. The van der Waals surface area contributed by atoms with Gasteiger partial charge in [-0.1, -0.05) is 17.7 Å². The zero-order valence-electron chi connectivity index (χ0n) is 9.40. The molecule has 1 nitrogen and oxygen atoms in total. The van der Waals surface area contributed by atoms with Gasteiger partial charge in [-0.3, -0.25) is 0 Å². The molecule has 0 fully saturated rings. The molecule has 0 aliphatic heterocycles. The molecule has 0 amide bonds. The first kappa shape index (κ1) is 12.9. The smallest absolute Gasteiger partial charge is 0.389 e. The Morgan fingerprint density at radius 2 is 1.88 bits per heavy atom. The molecule has 0 spiro atoms. The Bertz CT molecular complexity index is 345. The van der Waals surface area contributed by atoms with Gasteiger partial charge in [0.05, 0.1) is 6.61 Å². The van der Waals surface area contributed by atoms with Gasteiger partial charge in [0.1, 0.15) is 5.75 Å². The van der Waals surface area contributed by atoms with Crippen LogP contribution in [0.4, 0.5) is 13.2 Å². The summed E-state index contributed by atoms with van der Waals surface area (Å²) in [5, 5.41) is 0. The van der Waals surface area contributed by atoms with E-state index in [4.69, 9.17) is 4.74 Å². The molecule has 0 unspecified atom stereocenters. The Balaban J connectivity index is 2.38. The molecule has 0 bridgehead atoms. The predicted octanol–water partition coefficient (Wildman–Crippen LogP) is 4.02. The lowest BCUT2D eigenvalue weighted by Gasteiger charge is -2.10. The van der Waals surface area contributed by atoms with E-state index in [-0.39, 0.29) is 13.0 Å². The third-order valence-electron chi connectivity index (χ3n) is 2.19. The first-order valence-electron chi connectivity index (χ1n) is 5.15. The summed E-state index contributed by atoms with van der Waals surface area (Å²) in [5.74, 6) is 0.660. The van der Waals surface area contributed by atoms with E-state index in [0.29, 0.717) is 5.75 Å². The van der Waals surface area contributed by atoms with Gasteiger partial charge in [-0.25, -0.2) is 0 Å². The van der Waals surface area contributed by atoms with Crippen LogP contribution in [0.15, 0.2) is 18.2 Å². The summed E-state index contributed by atoms with van der Waals surface area (Å²) in [5.41, 5.74) is 2.06. The summed E-state index contributed by atoms with van der Waals surface area (Å²) in [6.07, 6.45) is -4.89. The van der Waals surface area contributed by atoms with Gasteiger partial charge in [0.2, 0.25) is 0 Å². The average molecular weight is 232 g/mol. The van der Waals surface area contributed by atoms with Crippen LogP contribution in [0.1, 0.15) is 24.0 Å². The van der Waals surface area contributed by atoms with Crippen molar-refractivity contribution in [2.45, 2.75) is 32.9 Å². The number of benzene rings is 1. The molecular formula is C12H15F3O. The zero-order valence-corrected chi connectivity index (χ0v) is 9.40. The number of hydrogen-bond donors (Lipinski definition) is 0. The van der Waals surface area contributed by atoms with Gasteiger partial charge in [0, 0.05) is 6.42 Å². The molecule has 1 aromatic carbocycles. The number of rotatable bonds is 4. The minimum absolute atomic E-state index is 0.00316. The third kappa shape index (κ3) is 4.55. The maximum atomic E-state index is 11.9. The quantitative estimate of drug-likeness (QED) is 0.712. The van der Waals surface area contributed by atoms with Gasteiger partial charge in [-0.15, -0.1) is 0 Å². The van der Waals surface area contributed by atoms with Gasteiger partial charge in [-0.05, 0) is 31.9 Å². The molecular weight excluding hydrogens is 217 g/mol. The van der Waals surface area contributed by atoms with Gasteiger partial charge < -0.3 is 4.74 Å². The molecule has 0 atom stereocenters. The summed E-state index contributed by atoms with van der Waals surface area (Å²) < 4.78 is 40.9. The molecule has 4 heteroatoms. The van der Waals surface area contributed by atoms with Crippen LogP contribution in [0.25, 0.3) is 0 Å². The Morgan fingerprint density at radius 1 is 1.19 bits per heavy atom. The molecule has 0 heterocycles. The molecule has 0 aliphatic rings. The topological polar surface area (TPSA) is 9.23 Å². The standard InChI is InChI=1S/C12H15F3O/c1-9-4-5-11(10(2)8-9)16-7-3-6-12(13,14)15/h4-5,8H,3,6-7H2,1-2H3. The third-order valence-corrected chi connectivity index (χ3v) is 2.19. The van der Waals surface area contributed by atoms with E-state index < -0.39 is 12.6 Å². The van der Waals surface area contributed by atoms with E-state index in [0.717, 1.165) is 11.1 Å². The van der Waals surface area contributed by atoms with Gasteiger partial charge in [0.15, 0.2) is 0 Å². The normalized spacial score (nSPS) is 11.6. The monoisotopic (exact) mass is 232 g/mol. The summed E-state index contributed by atoms with van der Waals surface area (Å²) in [7, 11) is 0. The van der Waals surface area contributed by atoms with Crippen molar-refractivity contribution in [1.82, 2.24) is 0 Å². The van der Waals surface area contributed by atoms with E-state index in [9.17, 15) is 13.2 Å². The Hall–Kier alpha value is -1.19. The highest BCUT2D eigenvalue weighted by Gasteiger charge is 2.26. The summed E-state index contributed by atoms with van der Waals surface area (Å²) in [4.78, 5) is 0. The van der Waals surface area contributed by atoms with E-state index in [2.05, 4.69) is 0 Å². The Morgan fingerprint density at radius 3 is 2.44 bits per heavy atom. The van der Waals surface area contributed by atoms with Gasteiger partial charge in [0.25, 0.3) is 0 Å². The fourth-order valence-corrected chi connectivity index (χ4v) is 1.42. The SMILES string of the molecule is Cc1ccc(OCCCC(F)(F)F)c(C)c1. The summed E-state index contributed by atoms with van der Waals surface area (Å²) in [6.45, 7) is 3.94. The second-order valence-electron chi connectivity index (χ2n) is 3.84. The Labute approximate surface area is 93.2 Å². The van der Waals surface area contributed by atoms with Gasteiger partial charge >= 0.3 is 6.18 Å². The molecule has 0 N–H and O–H groups in total. The maximum Gasteiger partial charge on any atom is 0.389 e. The lowest BCUT2D eigenvalue weighted by Crippen LogP contribution is -2.10. The zero-order chi connectivity index (χ0) is 12.2. The molecule has 0 aromatic heterocycles. The van der Waals surface area contributed by atoms with Crippen molar-refractivity contribution in [3.63, 3.8) is 0 Å². The van der Waals surface area contributed by atoms with Crippen LogP contribution >= 0.6 is 0 Å². The van der Waals surface area contributed by atoms with Crippen molar-refractivity contribution in [2.24, 2.45) is 0 Å². The summed E-state index contributed by atoms with van der Waals surface area (Å²) >= 11 is 0. The van der Waals surface area contributed by atoms with Crippen LogP contribution < -0.4 is 4.74 Å². The number of aryl methyl sites for hydroxylation is 2. The van der Waals surface area contributed by atoms with Crippen LogP contribution in [0.5, 0.6) is 5.75 Å². The van der Waals surface area contributed by atoms with Crippen molar-refractivity contribution in [3.8, 4) is 5.75 Å². The minimum atomic E-state index is -4.09. The van der Waals surface area contributed by atoms with E-state index in [1.165, 1.54) is 0 Å². The minimum Gasteiger partial charge on any atom is -0.493 e. The first-order chi connectivity index (χ1) is 7.38. The predicted molar refractivity (Wildman–Crippen MR) is 56.7 cm³/mol. The fourth-order valence-electron chi connectivity index (χ4n) is 1.42. The van der Waals surface area contributed by atoms with Crippen molar-refractivity contribution < 1.29 is 17.9 Å². The Kier molecular flexibility index (Phi) is 4.21. The molecule has 1 rings (SSSR count). The lowest BCUT2D eigenvalue weighted by atomic mass is 10.1. The van der Waals surface area contributed by atoms with Crippen molar-refractivity contribution >= 4 is 0 Å². The number of hydrogen-bond acceptors (Lipinski definition) is 1. The molecule has 90 valence electrons. The van der Waals surface area contributed by atoms with Crippen molar-refractivity contribution in [3.05, 3.63) is 29.3 Å². The van der Waals surface area contributed by atoms with E-state index >= 15 is 0 Å². The highest BCUT2D eigenvalue weighted by Crippen LogP contribution is 2.22. The fraction of sp³-hybridized carbons (Fsp3) is 0.500. The number of alkyl halides is 3. The van der Waals surface area contributed by atoms with Crippen LogP contribution in [0.2, 0.25) is 0 Å². The van der Waals surface area contributed by atoms with Gasteiger partial charge in [-0.2, -0.15) is 13.2 Å². The number of ether oxygens (including phenoxy) is 1. The van der Waals surface area contributed by atoms with E-state index in [1.807, 2.05) is 26.0 Å².